The van der Waals surface area contributed by atoms with Crippen molar-refractivity contribution in [3.05, 3.63) is 0 Å². The van der Waals surface area contributed by atoms with Gasteiger partial charge in [0.25, 0.3) is 0 Å². The molecule has 0 aromatic rings. The molecule has 8 nitrogen and oxygen atoms in total. The Bertz CT molecular complexity index is 605. The van der Waals surface area contributed by atoms with Gasteiger partial charge in [-0.2, -0.15) is 0 Å². The summed E-state index contributed by atoms with van der Waals surface area (Å²) < 4.78 is 0. The maximum Gasteiger partial charge on any atom is 0.239 e. The van der Waals surface area contributed by atoms with E-state index in [0.29, 0.717) is 6.54 Å². The number of nitrogens with one attached hydrogen (secondary N) is 2. The summed E-state index contributed by atoms with van der Waals surface area (Å²) in [5.74, 6) is 1.19. The third kappa shape index (κ3) is 7.76. The zero-order valence-electron chi connectivity index (χ0n) is 20.1. The largest absolute Gasteiger partial charge is 0.357 e. The number of halogens is 1. The molecule has 2 aliphatic rings. The Kier molecular flexibility index (Phi) is 12.1. The quantitative estimate of drug-likeness (QED) is 0.198. The number of aliphatic imine (C=N–C) groups is 1. The van der Waals surface area contributed by atoms with Crippen molar-refractivity contribution in [1.82, 2.24) is 25.3 Å². The summed E-state index contributed by atoms with van der Waals surface area (Å²) in [5.41, 5.74) is -0.346. The number of carbonyl (C=O) groups is 2. The van der Waals surface area contributed by atoms with Gasteiger partial charge in [0.2, 0.25) is 11.8 Å². The van der Waals surface area contributed by atoms with Crippen molar-refractivity contribution in [3.8, 4) is 0 Å². The van der Waals surface area contributed by atoms with Crippen LogP contribution in [0.25, 0.3) is 0 Å². The Balaban J connectivity index is 0.00000480. The van der Waals surface area contributed by atoms with Crippen LogP contribution in [0.15, 0.2) is 4.99 Å². The van der Waals surface area contributed by atoms with Gasteiger partial charge in [-0.25, -0.2) is 0 Å². The van der Waals surface area contributed by atoms with Gasteiger partial charge in [0, 0.05) is 47.8 Å². The van der Waals surface area contributed by atoms with Gasteiger partial charge in [-0.1, -0.05) is 12.8 Å². The highest BCUT2D eigenvalue weighted by atomic mass is 127. The number of amides is 2. The molecule has 1 heterocycles. The zero-order valence-corrected chi connectivity index (χ0v) is 22.4. The van der Waals surface area contributed by atoms with E-state index in [4.69, 9.17) is 4.99 Å². The van der Waals surface area contributed by atoms with E-state index in [1.54, 1.807) is 9.80 Å². The molecule has 1 unspecified atom stereocenters. The molecule has 0 bridgehead atoms. The van der Waals surface area contributed by atoms with Crippen LogP contribution >= 0.6 is 24.0 Å². The molecule has 180 valence electrons. The van der Waals surface area contributed by atoms with E-state index in [-0.39, 0.29) is 47.2 Å². The molecule has 1 aliphatic carbocycles. The van der Waals surface area contributed by atoms with Crippen molar-refractivity contribution in [1.29, 1.82) is 0 Å². The number of likely N-dealkylation sites (tertiary alicyclic amines) is 1. The van der Waals surface area contributed by atoms with Crippen molar-refractivity contribution < 1.29 is 9.59 Å². The second-order valence-electron chi connectivity index (χ2n) is 9.09. The first kappa shape index (κ1) is 27.9. The molecule has 1 aliphatic heterocycles. The molecule has 0 aromatic carbocycles. The minimum atomic E-state index is -0.346. The van der Waals surface area contributed by atoms with Crippen LogP contribution in [0.5, 0.6) is 0 Å². The van der Waals surface area contributed by atoms with Crippen LogP contribution in [0.1, 0.15) is 51.9 Å². The average molecular weight is 551 g/mol. The van der Waals surface area contributed by atoms with Gasteiger partial charge in [0.05, 0.1) is 18.0 Å². The van der Waals surface area contributed by atoms with Gasteiger partial charge in [0.15, 0.2) is 5.96 Å². The highest BCUT2D eigenvalue weighted by Gasteiger charge is 2.42. The molecule has 1 saturated carbocycles. The number of guanidine groups is 1. The predicted octanol–water partition coefficient (Wildman–Crippen LogP) is 1.75. The van der Waals surface area contributed by atoms with Crippen LogP contribution in [0.2, 0.25) is 0 Å². The summed E-state index contributed by atoms with van der Waals surface area (Å²) in [4.78, 5) is 35.6. The first-order valence-corrected chi connectivity index (χ1v) is 11.5. The molecule has 1 atom stereocenters. The van der Waals surface area contributed by atoms with E-state index in [1.807, 2.05) is 28.2 Å². The third-order valence-corrected chi connectivity index (χ3v) is 6.31. The number of hydrogen-bond donors (Lipinski definition) is 2. The van der Waals surface area contributed by atoms with Gasteiger partial charge < -0.3 is 20.4 Å². The monoisotopic (exact) mass is 550 g/mol. The molecule has 31 heavy (non-hydrogen) atoms. The molecule has 0 radical (unpaired) electrons. The van der Waals surface area contributed by atoms with Crippen LogP contribution in [0.4, 0.5) is 0 Å². The minimum Gasteiger partial charge on any atom is -0.357 e. The number of hydrogen-bond acceptors (Lipinski definition) is 4. The number of rotatable bonds is 9. The van der Waals surface area contributed by atoms with Gasteiger partial charge in [0.1, 0.15) is 0 Å². The van der Waals surface area contributed by atoms with Gasteiger partial charge in [-0.05, 0) is 45.6 Å². The van der Waals surface area contributed by atoms with Crippen molar-refractivity contribution in [2.45, 2.75) is 57.9 Å². The topological polar surface area (TPSA) is 80.3 Å². The average Bonchev–Trinajstić information content (AvgIpc) is 3.38. The van der Waals surface area contributed by atoms with Crippen LogP contribution in [0, 0.1) is 5.41 Å². The van der Waals surface area contributed by atoms with Crippen LogP contribution in [-0.4, -0.2) is 99.4 Å². The lowest BCUT2D eigenvalue weighted by Gasteiger charge is -2.29. The zero-order chi connectivity index (χ0) is 22.1. The second-order valence-corrected chi connectivity index (χ2v) is 9.09. The summed E-state index contributed by atoms with van der Waals surface area (Å²) >= 11 is 0. The van der Waals surface area contributed by atoms with E-state index in [2.05, 4.69) is 22.5 Å². The maximum atomic E-state index is 12.8. The Hall–Kier alpha value is -1.10. The Morgan fingerprint density at radius 2 is 1.74 bits per heavy atom. The van der Waals surface area contributed by atoms with Crippen molar-refractivity contribution >= 4 is 41.8 Å². The van der Waals surface area contributed by atoms with Crippen LogP contribution in [-0.2, 0) is 9.59 Å². The molecule has 2 N–H and O–H groups in total. The lowest BCUT2D eigenvalue weighted by Crippen LogP contribution is -2.44. The predicted molar refractivity (Wildman–Crippen MR) is 137 cm³/mol. The van der Waals surface area contributed by atoms with E-state index < -0.39 is 0 Å². The van der Waals surface area contributed by atoms with E-state index in [1.165, 1.54) is 0 Å². The fourth-order valence-electron chi connectivity index (χ4n) is 4.70. The minimum absolute atomic E-state index is 0. The summed E-state index contributed by atoms with van der Waals surface area (Å²) in [7, 11) is 7.33. The molecule has 0 aromatic heterocycles. The molecule has 0 spiro atoms. The van der Waals surface area contributed by atoms with Crippen molar-refractivity contribution in [2.24, 2.45) is 10.4 Å². The number of nitrogens with zero attached hydrogens (tertiary/aromatic N) is 4. The molecular weight excluding hydrogens is 507 g/mol. The summed E-state index contributed by atoms with van der Waals surface area (Å²) in [6, 6.07) is 0.0289. The SMILES string of the molecule is CCNC(=NCC1(C(=O)N(C)C)CCCC1)NCCCN1CCCC1C(=O)N(C)C.I. The fourth-order valence-corrected chi connectivity index (χ4v) is 4.70. The number of likely N-dealkylation sites (N-methyl/N-ethyl adjacent to an activating group) is 1. The second kappa shape index (κ2) is 13.4. The lowest BCUT2D eigenvalue weighted by atomic mass is 9.85. The summed E-state index contributed by atoms with van der Waals surface area (Å²) in [6.45, 7) is 6.05. The van der Waals surface area contributed by atoms with E-state index in [0.717, 1.165) is 77.1 Å². The summed E-state index contributed by atoms with van der Waals surface area (Å²) in [5, 5.41) is 6.71. The van der Waals surface area contributed by atoms with Crippen LogP contribution < -0.4 is 10.6 Å². The van der Waals surface area contributed by atoms with Gasteiger partial charge >= 0.3 is 0 Å². The Labute approximate surface area is 205 Å². The Morgan fingerprint density at radius 1 is 1.06 bits per heavy atom. The molecule has 9 heteroatoms. The molecular formula is C22H43IN6O2. The van der Waals surface area contributed by atoms with Crippen LogP contribution in [0.3, 0.4) is 0 Å². The standard InChI is InChI=1S/C22H42N6O2.HI/c1-6-23-21(25-17-22(12-7-8-13-22)20(30)27(4)5)24-14-10-16-28-15-9-11-18(28)19(29)26(2)3;/h18H,6-17H2,1-5H3,(H2,23,24,25);1H. The molecule has 2 amide bonds. The highest BCUT2D eigenvalue weighted by molar-refractivity contribution is 14.0. The van der Waals surface area contributed by atoms with Gasteiger partial charge in [-0.15, -0.1) is 24.0 Å². The normalized spacial score (nSPS) is 20.8. The third-order valence-electron chi connectivity index (χ3n) is 6.31. The first-order chi connectivity index (χ1) is 14.3. The maximum absolute atomic E-state index is 12.8. The van der Waals surface area contributed by atoms with E-state index in [9.17, 15) is 9.59 Å². The fraction of sp³-hybridized carbons (Fsp3) is 0.864. The smallest absolute Gasteiger partial charge is 0.239 e. The highest BCUT2D eigenvalue weighted by Crippen LogP contribution is 2.39. The van der Waals surface area contributed by atoms with Crippen molar-refractivity contribution in [2.75, 3.05) is 60.9 Å². The molecule has 2 fully saturated rings. The van der Waals surface area contributed by atoms with Crippen molar-refractivity contribution in [3.63, 3.8) is 0 Å². The lowest BCUT2D eigenvalue weighted by molar-refractivity contribution is -0.138. The van der Waals surface area contributed by atoms with E-state index >= 15 is 0 Å². The Morgan fingerprint density at radius 3 is 2.32 bits per heavy atom. The summed E-state index contributed by atoms with van der Waals surface area (Å²) in [6.07, 6.45) is 7.03. The first-order valence-electron chi connectivity index (χ1n) is 11.5. The molecule has 2 rings (SSSR count). The number of carbonyl (C=O) groups excluding carboxylic acids is 2. The molecule has 1 saturated heterocycles. The van der Waals surface area contributed by atoms with Gasteiger partial charge in [-0.3, -0.25) is 19.5 Å².